The third-order valence-corrected chi connectivity index (χ3v) is 2.37. The quantitative estimate of drug-likeness (QED) is 0.626. The molecular formula is C10H11N5O3. The number of hydrogen-bond donors (Lipinski definition) is 2. The highest BCUT2D eigenvalue weighted by Crippen LogP contribution is 2.06. The van der Waals surface area contributed by atoms with E-state index in [1.165, 1.54) is 6.07 Å². The third-order valence-electron chi connectivity index (χ3n) is 2.37. The molecule has 0 radical (unpaired) electrons. The first-order chi connectivity index (χ1) is 8.60. The molecule has 8 heteroatoms. The molecule has 0 unspecified atom stereocenters. The second-order valence-corrected chi connectivity index (χ2v) is 3.69. The van der Waals surface area contributed by atoms with E-state index in [4.69, 9.17) is 0 Å². The van der Waals surface area contributed by atoms with Crippen LogP contribution in [0, 0.1) is 0 Å². The summed E-state index contributed by atoms with van der Waals surface area (Å²) in [4.78, 5) is 35.4. The molecule has 0 bridgehead atoms. The van der Waals surface area contributed by atoms with E-state index in [1.807, 2.05) is 0 Å². The fraction of sp³-hybridized carbons (Fsp3) is 0.300. The predicted octanol–water partition coefficient (Wildman–Crippen LogP) is -1.38. The predicted molar refractivity (Wildman–Crippen MR) is 60.6 cm³/mol. The maximum atomic E-state index is 12.0. The maximum Gasteiger partial charge on any atom is 0.275 e. The van der Waals surface area contributed by atoms with E-state index < -0.39 is 17.7 Å². The normalized spacial score (nSPS) is 15.3. The zero-order valence-electron chi connectivity index (χ0n) is 9.64. The second-order valence-electron chi connectivity index (χ2n) is 3.69. The Morgan fingerprint density at radius 2 is 1.94 bits per heavy atom. The number of rotatable bonds is 2. The van der Waals surface area contributed by atoms with E-state index in [0.29, 0.717) is 5.82 Å². The summed E-state index contributed by atoms with van der Waals surface area (Å²) in [6, 6.07) is 3.07. The molecule has 1 aromatic rings. The lowest BCUT2D eigenvalue weighted by Crippen LogP contribution is -2.53. The lowest BCUT2D eigenvalue weighted by molar-refractivity contribution is -0.135. The minimum atomic E-state index is -0.501. The van der Waals surface area contributed by atoms with E-state index >= 15 is 0 Å². The zero-order valence-corrected chi connectivity index (χ0v) is 9.64. The number of nitrogens with one attached hydrogen (secondary N) is 2. The van der Waals surface area contributed by atoms with Crippen molar-refractivity contribution in [3.8, 4) is 0 Å². The molecule has 2 N–H and O–H groups in total. The van der Waals surface area contributed by atoms with Gasteiger partial charge in [0.25, 0.3) is 5.91 Å². The van der Waals surface area contributed by atoms with Gasteiger partial charge in [-0.1, -0.05) is 0 Å². The molecule has 0 aromatic carbocycles. The molecule has 1 aromatic heterocycles. The molecule has 2 rings (SSSR count). The van der Waals surface area contributed by atoms with Crippen LogP contribution in [0.1, 0.15) is 10.5 Å². The smallest absolute Gasteiger partial charge is 0.275 e. The van der Waals surface area contributed by atoms with Crippen LogP contribution in [-0.4, -0.2) is 53.0 Å². The van der Waals surface area contributed by atoms with Gasteiger partial charge in [0.2, 0.25) is 11.8 Å². The van der Waals surface area contributed by atoms with Gasteiger partial charge in [-0.2, -0.15) is 0 Å². The second kappa shape index (κ2) is 4.78. The molecule has 8 nitrogen and oxygen atoms in total. The largest absolute Gasteiger partial charge is 0.372 e. The van der Waals surface area contributed by atoms with Crippen LogP contribution in [0.2, 0.25) is 0 Å². The number of aromatic nitrogens is 2. The molecule has 1 saturated heterocycles. The Hall–Kier alpha value is -2.51. The van der Waals surface area contributed by atoms with Gasteiger partial charge in [-0.25, -0.2) is 0 Å². The number of piperazine rings is 1. The van der Waals surface area contributed by atoms with Gasteiger partial charge in [0, 0.05) is 7.05 Å². The summed E-state index contributed by atoms with van der Waals surface area (Å²) in [7, 11) is 1.68. The molecule has 94 valence electrons. The fourth-order valence-electron chi connectivity index (χ4n) is 1.52. The molecule has 0 aliphatic carbocycles. The van der Waals surface area contributed by atoms with Crippen LogP contribution >= 0.6 is 0 Å². The molecular weight excluding hydrogens is 238 g/mol. The molecule has 1 aliphatic heterocycles. The average molecular weight is 249 g/mol. The van der Waals surface area contributed by atoms with Crippen molar-refractivity contribution in [1.29, 1.82) is 0 Å². The SMILES string of the molecule is CNc1ccc(C(=O)N2CC(=O)NC(=O)C2)nn1. The minimum Gasteiger partial charge on any atom is -0.372 e. The van der Waals surface area contributed by atoms with E-state index in [2.05, 4.69) is 20.8 Å². The number of carbonyl (C=O) groups excluding carboxylic acids is 3. The van der Waals surface area contributed by atoms with Gasteiger partial charge in [0.1, 0.15) is 18.9 Å². The van der Waals surface area contributed by atoms with Crippen molar-refractivity contribution in [3.63, 3.8) is 0 Å². The molecule has 0 atom stereocenters. The van der Waals surface area contributed by atoms with Crippen molar-refractivity contribution >= 4 is 23.5 Å². The summed E-state index contributed by atoms with van der Waals surface area (Å²) in [5, 5.41) is 12.4. The first-order valence-electron chi connectivity index (χ1n) is 5.23. The molecule has 0 saturated carbocycles. The van der Waals surface area contributed by atoms with Crippen molar-refractivity contribution in [3.05, 3.63) is 17.8 Å². The van der Waals surface area contributed by atoms with E-state index in [-0.39, 0.29) is 18.8 Å². The molecule has 1 aliphatic rings. The Bertz CT molecular complexity index is 483. The van der Waals surface area contributed by atoms with Gasteiger partial charge >= 0.3 is 0 Å². The fourth-order valence-corrected chi connectivity index (χ4v) is 1.52. The van der Waals surface area contributed by atoms with Crippen LogP contribution in [0.4, 0.5) is 5.82 Å². The monoisotopic (exact) mass is 249 g/mol. The van der Waals surface area contributed by atoms with Crippen LogP contribution in [0.3, 0.4) is 0 Å². The Morgan fingerprint density at radius 3 is 2.44 bits per heavy atom. The van der Waals surface area contributed by atoms with Crippen LogP contribution in [0.25, 0.3) is 0 Å². The van der Waals surface area contributed by atoms with Crippen LogP contribution in [-0.2, 0) is 9.59 Å². The molecule has 2 heterocycles. The maximum absolute atomic E-state index is 12.0. The van der Waals surface area contributed by atoms with Crippen LogP contribution in [0.15, 0.2) is 12.1 Å². The lowest BCUT2D eigenvalue weighted by atomic mass is 10.3. The number of amides is 3. The summed E-state index contributed by atoms with van der Waals surface area (Å²) < 4.78 is 0. The lowest BCUT2D eigenvalue weighted by Gasteiger charge is -2.24. The van der Waals surface area contributed by atoms with Crippen LogP contribution < -0.4 is 10.6 Å². The van der Waals surface area contributed by atoms with Crippen molar-refractivity contribution in [1.82, 2.24) is 20.4 Å². The zero-order chi connectivity index (χ0) is 13.1. The number of anilines is 1. The number of carbonyl (C=O) groups is 3. The highest BCUT2D eigenvalue weighted by molar-refractivity contribution is 6.05. The third kappa shape index (κ3) is 2.42. The number of hydrogen-bond acceptors (Lipinski definition) is 6. The van der Waals surface area contributed by atoms with Gasteiger partial charge in [0.05, 0.1) is 0 Å². The summed E-state index contributed by atoms with van der Waals surface area (Å²) in [5.74, 6) is -0.967. The van der Waals surface area contributed by atoms with Crippen molar-refractivity contribution in [2.75, 3.05) is 25.5 Å². The summed E-state index contributed by atoms with van der Waals surface area (Å²) in [6.45, 7) is -0.305. The highest BCUT2D eigenvalue weighted by Gasteiger charge is 2.27. The first kappa shape index (κ1) is 12.0. The Balaban J connectivity index is 2.14. The molecule has 18 heavy (non-hydrogen) atoms. The number of imide groups is 1. The first-order valence-corrected chi connectivity index (χ1v) is 5.23. The van der Waals surface area contributed by atoms with Crippen molar-refractivity contribution in [2.24, 2.45) is 0 Å². The Kier molecular flexibility index (Phi) is 3.18. The number of nitrogens with zero attached hydrogens (tertiary/aromatic N) is 3. The van der Waals surface area contributed by atoms with E-state index in [0.717, 1.165) is 4.90 Å². The molecule has 0 spiro atoms. The minimum absolute atomic E-state index is 0.0940. The topological polar surface area (TPSA) is 104 Å². The Morgan fingerprint density at radius 1 is 1.28 bits per heavy atom. The molecule has 3 amide bonds. The van der Waals surface area contributed by atoms with Gasteiger partial charge < -0.3 is 10.2 Å². The highest BCUT2D eigenvalue weighted by atomic mass is 16.2. The summed E-state index contributed by atoms with van der Waals surface area (Å²) in [5.41, 5.74) is 0.0940. The van der Waals surface area contributed by atoms with Gasteiger partial charge in [-0.15, -0.1) is 10.2 Å². The van der Waals surface area contributed by atoms with Gasteiger partial charge in [-0.05, 0) is 12.1 Å². The van der Waals surface area contributed by atoms with Gasteiger partial charge in [-0.3, -0.25) is 19.7 Å². The van der Waals surface area contributed by atoms with Crippen LogP contribution in [0.5, 0.6) is 0 Å². The van der Waals surface area contributed by atoms with Crippen molar-refractivity contribution in [2.45, 2.75) is 0 Å². The summed E-state index contributed by atoms with van der Waals surface area (Å²) >= 11 is 0. The standard InChI is InChI=1S/C10H11N5O3/c1-11-7-3-2-6(13-14-7)10(18)15-4-8(16)12-9(17)5-15/h2-3H,4-5H2,1H3,(H,11,14)(H,12,16,17). The summed E-state index contributed by atoms with van der Waals surface area (Å²) in [6.07, 6.45) is 0. The van der Waals surface area contributed by atoms with Crippen molar-refractivity contribution < 1.29 is 14.4 Å². The average Bonchev–Trinajstić information content (AvgIpc) is 2.37. The van der Waals surface area contributed by atoms with E-state index in [1.54, 1.807) is 13.1 Å². The Labute approximate surface area is 102 Å². The van der Waals surface area contributed by atoms with E-state index in [9.17, 15) is 14.4 Å². The molecule has 1 fully saturated rings. The van der Waals surface area contributed by atoms with Gasteiger partial charge in [0.15, 0.2) is 5.69 Å².